The molecule has 1 atom stereocenters. The van der Waals surface area contributed by atoms with Crippen LogP contribution in [0.3, 0.4) is 0 Å². The molecule has 0 saturated carbocycles. The minimum absolute atomic E-state index is 0.264. The lowest BCUT2D eigenvalue weighted by Crippen LogP contribution is -2.08. The molecule has 0 radical (unpaired) electrons. The molecule has 2 nitrogen and oxygen atoms in total. The predicted molar refractivity (Wildman–Crippen MR) is 84.9 cm³/mol. The number of hydrogen-bond donors (Lipinski definition) is 1. The molecule has 0 aliphatic heterocycles. The first kappa shape index (κ1) is 12.9. The summed E-state index contributed by atoms with van der Waals surface area (Å²) < 4.78 is 2.92. The maximum atomic E-state index is 6.11. The molecular weight excluding hydrogens is 296 g/mol. The first-order valence-corrected chi connectivity index (χ1v) is 7.80. The summed E-state index contributed by atoms with van der Waals surface area (Å²) in [7, 11) is 0. The molecule has 3 rings (SSSR count). The van der Waals surface area contributed by atoms with E-state index in [0.29, 0.717) is 0 Å². The maximum absolute atomic E-state index is 6.11. The van der Waals surface area contributed by atoms with E-state index in [9.17, 15) is 0 Å². The summed E-state index contributed by atoms with van der Waals surface area (Å²) in [6.45, 7) is 2.18. The summed E-state index contributed by atoms with van der Waals surface area (Å²) in [6.07, 6.45) is 0.994. The Morgan fingerprint density at radius 1 is 1.42 bits per heavy atom. The van der Waals surface area contributed by atoms with Crippen molar-refractivity contribution in [2.75, 3.05) is 0 Å². The fraction of sp³-hybridized carbons (Fsp3) is 0.214. The van der Waals surface area contributed by atoms with Crippen LogP contribution in [-0.2, 0) is 0 Å². The Labute approximate surface area is 125 Å². The van der Waals surface area contributed by atoms with Gasteiger partial charge in [-0.1, -0.05) is 24.6 Å². The van der Waals surface area contributed by atoms with Gasteiger partial charge in [-0.25, -0.2) is 0 Å². The average Bonchev–Trinajstić information content (AvgIpc) is 3.00. The molecule has 3 aromatic rings. The van der Waals surface area contributed by atoms with Gasteiger partial charge in [0.05, 0.1) is 17.1 Å². The van der Waals surface area contributed by atoms with Crippen molar-refractivity contribution < 1.29 is 0 Å². The van der Waals surface area contributed by atoms with Crippen molar-refractivity contribution in [3.8, 4) is 0 Å². The molecule has 98 valence electrons. The summed E-state index contributed by atoms with van der Waals surface area (Å²) in [5.41, 5.74) is 2.10. The molecule has 1 unspecified atom stereocenters. The van der Waals surface area contributed by atoms with Crippen LogP contribution >= 0.6 is 35.2 Å². The number of benzene rings is 1. The normalized spacial score (nSPS) is 12.9. The third-order valence-electron chi connectivity index (χ3n) is 3.25. The van der Waals surface area contributed by atoms with Crippen molar-refractivity contribution in [1.29, 1.82) is 0 Å². The molecule has 0 amide bonds. The van der Waals surface area contributed by atoms with Gasteiger partial charge in [0.15, 0.2) is 4.77 Å². The molecule has 2 aromatic heterocycles. The molecule has 0 bridgehead atoms. The van der Waals surface area contributed by atoms with E-state index in [0.717, 1.165) is 27.2 Å². The SMILES string of the molecule is CCC(c1cccs1)n1c(=S)[nH]c2ccc(Cl)cc21. The lowest BCUT2D eigenvalue weighted by atomic mass is 10.2. The van der Waals surface area contributed by atoms with Crippen LogP contribution in [0.2, 0.25) is 5.02 Å². The van der Waals surface area contributed by atoms with Crippen LogP contribution < -0.4 is 0 Å². The second-order valence-corrected chi connectivity index (χ2v) is 6.20. The van der Waals surface area contributed by atoms with Crippen molar-refractivity contribution >= 4 is 46.2 Å². The molecule has 0 aliphatic rings. The van der Waals surface area contributed by atoms with Gasteiger partial charge in [-0.2, -0.15) is 0 Å². The zero-order valence-corrected chi connectivity index (χ0v) is 12.8. The first-order valence-electron chi connectivity index (χ1n) is 6.14. The number of hydrogen-bond acceptors (Lipinski definition) is 2. The maximum Gasteiger partial charge on any atom is 0.178 e. The Bertz CT molecular complexity index is 755. The van der Waals surface area contributed by atoms with E-state index in [4.69, 9.17) is 23.8 Å². The minimum Gasteiger partial charge on any atom is -0.331 e. The number of halogens is 1. The molecule has 0 saturated heterocycles. The Balaban J connectivity index is 2.26. The van der Waals surface area contributed by atoms with Crippen LogP contribution in [0.5, 0.6) is 0 Å². The monoisotopic (exact) mass is 308 g/mol. The zero-order valence-electron chi connectivity index (χ0n) is 10.4. The highest BCUT2D eigenvalue weighted by Crippen LogP contribution is 2.31. The summed E-state index contributed by atoms with van der Waals surface area (Å²) in [6, 6.07) is 10.3. The molecular formula is C14H13ClN2S2. The lowest BCUT2D eigenvalue weighted by molar-refractivity contribution is 0.584. The van der Waals surface area contributed by atoms with Gasteiger partial charge < -0.3 is 9.55 Å². The molecule has 2 heterocycles. The molecule has 0 fully saturated rings. The van der Waals surface area contributed by atoms with E-state index in [1.54, 1.807) is 11.3 Å². The van der Waals surface area contributed by atoms with Crippen LogP contribution in [0.4, 0.5) is 0 Å². The number of fused-ring (bicyclic) bond motifs is 1. The van der Waals surface area contributed by atoms with E-state index in [1.165, 1.54) is 4.88 Å². The number of thiophene rings is 1. The van der Waals surface area contributed by atoms with Crippen molar-refractivity contribution in [1.82, 2.24) is 9.55 Å². The number of imidazole rings is 1. The molecule has 1 aromatic carbocycles. The number of nitrogens with zero attached hydrogens (tertiary/aromatic N) is 1. The van der Waals surface area contributed by atoms with Crippen LogP contribution in [0.15, 0.2) is 35.7 Å². The van der Waals surface area contributed by atoms with Gasteiger partial charge >= 0.3 is 0 Å². The predicted octanol–water partition coefficient (Wildman–Crippen LogP) is 5.41. The fourth-order valence-corrected chi connectivity index (χ4v) is 3.80. The zero-order chi connectivity index (χ0) is 13.4. The number of rotatable bonds is 3. The van der Waals surface area contributed by atoms with Gasteiger partial charge in [0, 0.05) is 9.90 Å². The molecule has 19 heavy (non-hydrogen) atoms. The van der Waals surface area contributed by atoms with Crippen LogP contribution in [0, 0.1) is 4.77 Å². The highest BCUT2D eigenvalue weighted by atomic mass is 35.5. The second-order valence-electron chi connectivity index (χ2n) is 4.40. The largest absolute Gasteiger partial charge is 0.331 e. The minimum atomic E-state index is 0.264. The van der Waals surface area contributed by atoms with Gasteiger partial charge in [0.25, 0.3) is 0 Å². The van der Waals surface area contributed by atoms with Crippen molar-refractivity contribution in [3.05, 3.63) is 50.4 Å². The van der Waals surface area contributed by atoms with E-state index in [-0.39, 0.29) is 6.04 Å². The quantitative estimate of drug-likeness (QED) is 0.641. The Kier molecular flexibility index (Phi) is 3.48. The standard InChI is InChI=1S/C14H13ClN2S2/c1-2-11(13-4-3-7-19-13)17-12-8-9(15)5-6-10(12)16-14(17)18/h3-8,11H,2H2,1H3,(H,16,18). The van der Waals surface area contributed by atoms with E-state index in [1.807, 2.05) is 18.2 Å². The first-order chi connectivity index (χ1) is 9.20. The highest BCUT2D eigenvalue weighted by Gasteiger charge is 2.16. The van der Waals surface area contributed by atoms with Crippen molar-refractivity contribution in [2.24, 2.45) is 0 Å². The lowest BCUT2D eigenvalue weighted by Gasteiger charge is -2.16. The Morgan fingerprint density at radius 3 is 2.95 bits per heavy atom. The van der Waals surface area contributed by atoms with Crippen LogP contribution in [0.1, 0.15) is 24.3 Å². The summed E-state index contributed by atoms with van der Waals surface area (Å²) >= 11 is 13.4. The van der Waals surface area contributed by atoms with E-state index < -0.39 is 0 Å². The Morgan fingerprint density at radius 2 is 2.26 bits per heavy atom. The number of nitrogens with one attached hydrogen (secondary N) is 1. The number of aromatic amines is 1. The number of aromatic nitrogens is 2. The summed E-state index contributed by atoms with van der Waals surface area (Å²) in [4.78, 5) is 4.57. The third-order valence-corrected chi connectivity index (χ3v) is 4.76. The van der Waals surface area contributed by atoms with Gasteiger partial charge in [-0.05, 0) is 48.3 Å². The summed E-state index contributed by atoms with van der Waals surface area (Å²) in [5.74, 6) is 0. The molecule has 5 heteroatoms. The summed E-state index contributed by atoms with van der Waals surface area (Å²) in [5, 5.41) is 2.83. The highest BCUT2D eigenvalue weighted by molar-refractivity contribution is 7.71. The average molecular weight is 309 g/mol. The van der Waals surface area contributed by atoms with Gasteiger partial charge in [0.2, 0.25) is 0 Å². The van der Waals surface area contributed by atoms with Gasteiger partial charge in [-0.3, -0.25) is 0 Å². The number of H-pyrrole nitrogens is 1. The van der Waals surface area contributed by atoms with Crippen LogP contribution in [0.25, 0.3) is 11.0 Å². The smallest absolute Gasteiger partial charge is 0.178 e. The topological polar surface area (TPSA) is 20.7 Å². The van der Waals surface area contributed by atoms with Crippen molar-refractivity contribution in [3.63, 3.8) is 0 Å². The molecule has 1 N–H and O–H groups in total. The Hall–Kier alpha value is -1.10. The van der Waals surface area contributed by atoms with Gasteiger partial charge in [0.1, 0.15) is 0 Å². The van der Waals surface area contributed by atoms with E-state index in [2.05, 4.69) is 34.0 Å². The van der Waals surface area contributed by atoms with Crippen LogP contribution in [-0.4, -0.2) is 9.55 Å². The molecule has 0 aliphatic carbocycles. The third kappa shape index (κ3) is 2.24. The van der Waals surface area contributed by atoms with Gasteiger partial charge in [-0.15, -0.1) is 11.3 Å². The molecule has 0 spiro atoms. The second kappa shape index (κ2) is 5.12. The van der Waals surface area contributed by atoms with E-state index >= 15 is 0 Å². The van der Waals surface area contributed by atoms with Crippen molar-refractivity contribution in [2.45, 2.75) is 19.4 Å². The fourth-order valence-electron chi connectivity index (χ4n) is 2.40.